The number of aryl methyl sites for hydroxylation is 1. The molecule has 66 heavy (non-hydrogen) atoms. The van der Waals surface area contributed by atoms with Crippen molar-refractivity contribution >= 4 is 52.2 Å². The summed E-state index contributed by atoms with van der Waals surface area (Å²) in [4.78, 5) is 15.2. The summed E-state index contributed by atoms with van der Waals surface area (Å²) in [5.74, 6) is 1.10. The third-order valence-corrected chi connectivity index (χ3v) is 29.3. The van der Waals surface area contributed by atoms with Crippen LogP contribution in [0.15, 0.2) is 126 Å². The number of methoxy groups -OCH3 is 1. The number of ether oxygens (including phenoxy) is 2. The van der Waals surface area contributed by atoms with Crippen molar-refractivity contribution in [3.63, 3.8) is 0 Å². The van der Waals surface area contributed by atoms with Gasteiger partial charge in [-0.15, -0.1) is 0 Å². The lowest BCUT2D eigenvalue weighted by molar-refractivity contribution is -0.117. The van der Waals surface area contributed by atoms with Gasteiger partial charge in [0.05, 0.1) is 25.9 Å². The Hall–Kier alpha value is -3.07. The number of thioether (sulfide) groups is 1. The average Bonchev–Trinajstić information content (AvgIpc) is 3.24. The lowest BCUT2D eigenvalue weighted by Gasteiger charge is -2.44. The Morgan fingerprint density at radius 2 is 1.20 bits per heavy atom. The van der Waals surface area contributed by atoms with Gasteiger partial charge in [0, 0.05) is 11.5 Å². The van der Waals surface area contributed by atoms with Crippen LogP contribution in [-0.2, 0) is 29.4 Å². The van der Waals surface area contributed by atoms with Crippen molar-refractivity contribution in [1.82, 2.24) is 0 Å². The number of hydrogen-bond donors (Lipinski definition) is 0. The fourth-order valence-electron chi connectivity index (χ4n) is 7.79. The average molecular weight is 970 g/mol. The molecule has 0 radical (unpaired) electrons. The van der Waals surface area contributed by atoms with E-state index in [-0.39, 0.29) is 44.3 Å². The number of carbonyl (C=O) groups excluding carboxylic acids is 1. The van der Waals surface area contributed by atoms with Gasteiger partial charge in [-0.1, -0.05) is 179 Å². The van der Waals surface area contributed by atoms with E-state index in [9.17, 15) is 4.79 Å². The number of benzene rings is 4. The van der Waals surface area contributed by atoms with E-state index in [0.717, 1.165) is 28.2 Å². The summed E-state index contributed by atoms with van der Waals surface area (Å²) in [6, 6.07) is 38.0. The molecule has 5 atom stereocenters. The van der Waals surface area contributed by atoms with Gasteiger partial charge in [-0.25, -0.2) is 0 Å². The molecule has 362 valence electrons. The standard InChI is InChI=1S/C56H84O6SSi3/c1-42-31-37-47(38-32-42)63-53(57)51(62-65(16,17)55(7,8)9)30-24-29-50(61-64(14,15)54(4,5)6)52(59-41-45-33-35-46(58-13)36-34-45)44(3)43(2)39-40-60-66(56(10,11)12,48-25-20-18-21-26-48)49-27-22-19-23-28-49/h18-29,31-38,43-44,50-52H,30,39-41H2,1-17H3/b29-24-/t43-,44+,50-,51+,52+/m0/s1. The molecule has 0 saturated carbocycles. The van der Waals surface area contributed by atoms with Crippen LogP contribution in [0.2, 0.25) is 41.3 Å². The van der Waals surface area contributed by atoms with Crippen LogP contribution in [0.4, 0.5) is 0 Å². The minimum Gasteiger partial charge on any atom is -0.497 e. The largest absolute Gasteiger partial charge is 0.497 e. The van der Waals surface area contributed by atoms with Crippen LogP contribution in [0.5, 0.6) is 5.75 Å². The second kappa shape index (κ2) is 23.5. The predicted molar refractivity (Wildman–Crippen MR) is 288 cm³/mol. The highest BCUT2D eigenvalue weighted by Crippen LogP contribution is 2.42. The number of carbonyl (C=O) groups is 1. The second-order valence-electron chi connectivity index (χ2n) is 22.4. The smallest absolute Gasteiger partial charge is 0.261 e. The minimum atomic E-state index is -2.72. The second-order valence-corrected chi connectivity index (χ2v) is 37.3. The quantitative estimate of drug-likeness (QED) is 0.0442. The van der Waals surface area contributed by atoms with E-state index < -0.39 is 31.1 Å². The molecule has 0 aliphatic carbocycles. The van der Waals surface area contributed by atoms with Gasteiger partial charge in [0.25, 0.3) is 8.32 Å². The maximum absolute atomic E-state index is 14.2. The third-order valence-electron chi connectivity index (χ3n) is 14.3. The van der Waals surface area contributed by atoms with Crippen LogP contribution < -0.4 is 15.1 Å². The van der Waals surface area contributed by atoms with Gasteiger partial charge in [0.15, 0.2) is 16.6 Å². The van der Waals surface area contributed by atoms with Crippen LogP contribution in [0, 0.1) is 18.8 Å². The predicted octanol–water partition coefficient (Wildman–Crippen LogP) is 14.2. The third kappa shape index (κ3) is 14.7. The molecule has 4 rings (SSSR count). The van der Waals surface area contributed by atoms with Crippen molar-refractivity contribution in [3.05, 3.63) is 132 Å². The van der Waals surface area contributed by atoms with Crippen LogP contribution in [-0.4, -0.2) is 62.1 Å². The van der Waals surface area contributed by atoms with Gasteiger partial charge in [-0.2, -0.15) is 0 Å². The molecule has 0 aromatic heterocycles. The summed E-state index contributed by atoms with van der Waals surface area (Å²) in [5.41, 5.74) is 2.22. The van der Waals surface area contributed by atoms with Gasteiger partial charge in [-0.3, -0.25) is 4.79 Å². The van der Waals surface area contributed by atoms with E-state index in [1.165, 1.54) is 22.1 Å². The summed E-state index contributed by atoms with van der Waals surface area (Å²) in [5, 5.41) is 2.35. The Morgan fingerprint density at radius 1 is 0.682 bits per heavy atom. The Bertz CT molecular complexity index is 2060. The van der Waals surface area contributed by atoms with Crippen LogP contribution in [0.3, 0.4) is 0 Å². The van der Waals surface area contributed by atoms with Crippen molar-refractivity contribution in [3.8, 4) is 5.75 Å². The van der Waals surface area contributed by atoms with Gasteiger partial charge < -0.3 is 22.8 Å². The first-order valence-electron chi connectivity index (χ1n) is 24.0. The van der Waals surface area contributed by atoms with Crippen molar-refractivity contribution < 1.29 is 27.5 Å². The first kappa shape index (κ1) is 55.5. The molecule has 0 aliphatic heterocycles. The summed E-state index contributed by atoms with van der Waals surface area (Å²) >= 11 is 1.27. The molecule has 0 saturated heterocycles. The van der Waals surface area contributed by atoms with Gasteiger partial charge in [0.2, 0.25) is 5.12 Å². The Kier molecular flexibility index (Phi) is 19.8. The molecule has 0 amide bonds. The normalized spacial score (nSPS) is 15.6. The fourth-order valence-corrected chi connectivity index (χ4v) is 15.7. The topological polar surface area (TPSA) is 63.2 Å². The lowest BCUT2D eigenvalue weighted by atomic mass is 9.85. The number of rotatable bonds is 22. The lowest BCUT2D eigenvalue weighted by Crippen LogP contribution is -2.66. The molecule has 0 aliphatic rings. The van der Waals surface area contributed by atoms with Crippen molar-refractivity contribution in [2.24, 2.45) is 11.8 Å². The van der Waals surface area contributed by atoms with E-state index in [0.29, 0.717) is 19.6 Å². The van der Waals surface area contributed by atoms with Gasteiger partial charge in [-0.05, 0) is 125 Å². The van der Waals surface area contributed by atoms with Crippen molar-refractivity contribution in [2.45, 2.75) is 167 Å². The van der Waals surface area contributed by atoms with E-state index in [1.54, 1.807) is 7.11 Å². The zero-order chi connectivity index (χ0) is 49.1. The molecule has 0 fully saturated rings. The minimum absolute atomic E-state index is 0.0189. The van der Waals surface area contributed by atoms with E-state index in [1.807, 2.05) is 24.3 Å². The summed E-state index contributed by atoms with van der Waals surface area (Å²) in [6.45, 7) is 37.3. The molecule has 4 aromatic rings. The zero-order valence-electron chi connectivity index (χ0n) is 43.6. The highest BCUT2D eigenvalue weighted by atomic mass is 32.2. The molecular formula is C56H84O6SSi3. The first-order valence-corrected chi connectivity index (χ1v) is 32.6. The Labute approximate surface area is 408 Å². The molecule has 4 aromatic carbocycles. The zero-order valence-corrected chi connectivity index (χ0v) is 47.4. The van der Waals surface area contributed by atoms with E-state index >= 15 is 0 Å². The summed E-state index contributed by atoms with van der Waals surface area (Å²) < 4.78 is 34.5. The molecular weight excluding hydrogens is 885 g/mol. The summed E-state index contributed by atoms with van der Waals surface area (Å²) in [7, 11) is -5.72. The monoisotopic (exact) mass is 969 g/mol. The molecule has 6 nitrogen and oxygen atoms in total. The highest BCUT2D eigenvalue weighted by Gasteiger charge is 2.50. The Balaban J connectivity index is 1.74. The van der Waals surface area contributed by atoms with Crippen LogP contribution in [0.1, 0.15) is 100 Å². The van der Waals surface area contributed by atoms with Crippen molar-refractivity contribution in [1.29, 1.82) is 0 Å². The molecule has 0 spiro atoms. The van der Waals surface area contributed by atoms with Crippen LogP contribution in [0.25, 0.3) is 0 Å². The highest BCUT2D eigenvalue weighted by molar-refractivity contribution is 8.13. The van der Waals surface area contributed by atoms with Crippen molar-refractivity contribution in [2.75, 3.05) is 13.7 Å². The summed E-state index contributed by atoms with van der Waals surface area (Å²) in [6.07, 6.45) is 4.30. The maximum atomic E-state index is 14.2. The SMILES string of the molecule is COc1ccc(CO[C@H]([C@H](C)[C@@H](C)CCO[Si](c2ccccc2)(c2ccccc2)C(C)(C)C)[C@H](/C=C\C[C@@H](O[Si](C)(C)C(C)(C)C)C(=O)Sc2ccc(C)cc2)O[Si](C)(C)C(C)(C)C)cc1. The van der Waals surface area contributed by atoms with Gasteiger partial charge in [0.1, 0.15) is 11.9 Å². The molecule has 0 bridgehead atoms. The maximum Gasteiger partial charge on any atom is 0.261 e. The van der Waals surface area contributed by atoms with Gasteiger partial charge >= 0.3 is 0 Å². The molecule has 0 unspecified atom stereocenters. The molecule has 10 heteroatoms. The fraction of sp³-hybridized carbons (Fsp3) is 0.518. The molecule has 0 heterocycles. The van der Waals surface area contributed by atoms with E-state index in [4.69, 9.17) is 22.8 Å². The Morgan fingerprint density at radius 3 is 1.68 bits per heavy atom. The molecule has 0 N–H and O–H groups in total. The van der Waals surface area contributed by atoms with Crippen LogP contribution >= 0.6 is 11.8 Å². The first-order chi connectivity index (χ1) is 30.7. The number of hydrogen-bond acceptors (Lipinski definition) is 7. The van der Waals surface area contributed by atoms with E-state index in [2.05, 4.69) is 206 Å².